The maximum Gasteiger partial charge on any atom is 0.217 e. The molecule has 1 unspecified atom stereocenters. The van der Waals surface area contributed by atoms with E-state index in [4.69, 9.17) is 0 Å². The Bertz CT molecular complexity index is 466. The number of amides is 1. The van der Waals surface area contributed by atoms with E-state index >= 15 is 0 Å². The average Bonchev–Trinajstić information content (AvgIpc) is 2.32. The highest BCUT2D eigenvalue weighted by Crippen LogP contribution is 2.24. The zero-order valence-corrected chi connectivity index (χ0v) is 9.64. The van der Waals surface area contributed by atoms with Crippen LogP contribution in [0.2, 0.25) is 0 Å². The molecule has 1 aromatic rings. The molecule has 88 valence electrons. The lowest BCUT2D eigenvalue weighted by atomic mass is 9.91. The van der Waals surface area contributed by atoms with Crippen molar-refractivity contribution in [3.63, 3.8) is 0 Å². The number of allylic oxidation sites excluding steroid dienone is 1. The van der Waals surface area contributed by atoms with Crippen molar-refractivity contribution in [1.82, 2.24) is 10.3 Å². The first-order valence-electron chi connectivity index (χ1n) is 5.60. The van der Waals surface area contributed by atoms with Crippen LogP contribution in [0.15, 0.2) is 30.5 Å². The number of hydrogen-bond donors (Lipinski definition) is 1. The van der Waals surface area contributed by atoms with Crippen LogP contribution >= 0.6 is 0 Å². The van der Waals surface area contributed by atoms with Gasteiger partial charge in [-0.05, 0) is 24.6 Å². The quantitative estimate of drug-likeness (QED) is 0.833. The fourth-order valence-electron chi connectivity index (χ4n) is 1.97. The van der Waals surface area contributed by atoms with Crippen LogP contribution in [-0.2, 0) is 9.59 Å². The number of rotatable bonds is 2. The molecule has 1 N–H and O–H groups in total. The molecule has 0 saturated carbocycles. The molecule has 1 aromatic heterocycles. The first-order valence-corrected chi connectivity index (χ1v) is 5.60. The smallest absolute Gasteiger partial charge is 0.217 e. The third-order valence-electron chi connectivity index (χ3n) is 2.71. The maximum absolute atomic E-state index is 11.5. The van der Waals surface area contributed by atoms with Crippen LogP contribution in [0.4, 0.5) is 0 Å². The van der Waals surface area contributed by atoms with Crippen LogP contribution < -0.4 is 5.32 Å². The first kappa shape index (κ1) is 11.5. The zero-order chi connectivity index (χ0) is 12.3. The fourth-order valence-corrected chi connectivity index (χ4v) is 1.97. The lowest BCUT2D eigenvalue weighted by molar-refractivity contribution is -0.120. The predicted molar refractivity (Wildman–Crippen MR) is 64.1 cm³/mol. The molecule has 0 spiro atoms. The topological polar surface area (TPSA) is 59.1 Å². The van der Waals surface area contributed by atoms with Crippen molar-refractivity contribution < 1.29 is 9.59 Å². The lowest BCUT2D eigenvalue weighted by Crippen LogP contribution is -2.36. The molecule has 0 radical (unpaired) electrons. The fraction of sp³-hybridized carbons (Fsp3) is 0.308. The molecule has 1 aliphatic carbocycles. The summed E-state index contributed by atoms with van der Waals surface area (Å²) in [4.78, 5) is 26.8. The van der Waals surface area contributed by atoms with Crippen molar-refractivity contribution in [3.8, 4) is 0 Å². The summed E-state index contributed by atoms with van der Waals surface area (Å²) in [7, 11) is 0. The first-order chi connectivity index (χ1) is 8.16. The Morgan fingerprint density at radius 3 is 2.94 bits per heavy atom. The van der Waals surface area contributed by atoms with Gasteiger partial charge in [0.1, 0.15) is 0 Å². The number of ketones is 1. The van der Waals surface area contributed by atoms with E-state index in [0.717, 1.165) is 11.3 Å². The Morgan fingerprint density at radius 2 is 2.29 bits per heavy atom. The van der Waals surface area contributed by atoms with E-state index in [9.17, 15) is 9.59 Å². The van der Waals surface area contributed by atoms with Gasteiger partial charge in [-0.25, -0.2) is 0 Å². The average molecular weight is 230 g/mol. The second kappa shape index (κ2) is 4.91. The molecule has 0 fully saturated rings. The van der Waals surface area contributed by atoms with Crippen LogP contribution in [0, 0.1) is 0 Å². The van der Waals surface area contributed by atoms with Gasteiger partial charge in [-0.3, -0.25) is 14.6 Å². The van der Waals surface area contributed by atoms with Crippen molar-refractivity contribution in [3.05, 3.63) is 36.2 Å². The molecule has 4 nitrogen and oxygen atoms in total. The molecule has 2 rings (SSSR count). The van der Waals surface area contributed by atoms with Gasteiger partial charge in [-0.2, -0.15) is 0 Å². The predicted octanol–water partition coefficient (Wildman–Crippen LogP) is 1.33. The van der Waals surface area contributed by atoms with Crippen LogP contribution in [0.1, 0.15) is 25.5 Å². The highest BCUT2D eigenvalue weighted by atomic mass is 16.1. The Hall–Kier alpha value is -1.97. The summed E-state index contributed by atoms with van der Waals surface area (Å²) in [5.41, 5.74) is 1.55. The number of nitrogens with zero attached hydrogens (tertiary/aromatic N) is 1. The summed E-state index contributed by atoms with van der Waals surface area (Å²) in [5, 5.41) is 2.85. The number of nitrogens with one attached hydrogen (secondary N) is 1. The van der Waals surface area contributed by atoms with Crippen LogP contribution in [-0.4, -0.2) is 22.7 Å². The van der Waals surface area contributed by atoms with Crippen molar-refractivity contribution in [2.45, 2.75) is 25.8 Å². The van der Waals surface area contributed by atoms with Gasteiger partial charge in [-0.1, -0.05) is 6.07 Å². The van der Waals surface area contributed by atoms with Gasteiger partial charge in [0.05, 0.1) is 11.7 Å². The Balaban J connectivity index is 2.32. The zero-order valence-electron chi connectivity index (χ0n) is 9.64. The number of hydrogen-bond acceptors (Lipinski definition) is 3. The van der Waals surface area contributed by atoms with Gasteiger partial charge in [-0.15, -0.1) is 0 Å². The molecular weight excluding hydrogens is 216 g/mol. The van der Waals surface area contributed by atoms with Gasteiger partial charge < -0.3 is 5.32 Å². The van der Waals surface area contributed by atoms with Crippen molar-refractivity contribution in [1.29, 1.82) is 0 Å². The van der Waals surface area contributed by atoms with E-state index < -0.39 is 0 Å². The second-order valence-electron chi connectivity index (χ2n) is 4.07. The molecule has 1 atom stereocenters. The summed E-state index contributed by atoms with van der Waals surface area (Å²) in [6.07, 6.45) is 4.38. The Labute approximate surface area is 99.7 Å². The summed E-state index contributed by atoms with van der Waals surface area (Å²) in [5.74, 6) is -0.00145. The van der Waals surface area contributed by atoms with Crippen LogP contribution in [0.5, 0.6) is 0 Å². The third kappa shape index (κ3) is 2.78. The molecule has 0 aromatic carbocycles. The molecular formula is C13H14N2O2. The molecule has 4 heteroatoms. The van der Waals surface area contributed by atoms with E-state index in [-0.39, 0.29) is 17.7 Å². The minimum atomic E-state index is -0.111. The van der Waals surface area contributed by atoms with E-state index in [1.165, 1.54) is 6.92 Å². The summed E-state index contributed by atoms with van der Waals surface area (Å²) in [6.45, 7) is 1.48. The number of carbonyl (C=O) groups is 2. The minimum absolute atomic E-state index is 0.0901. The molecule has 1 heterocycles. The van der Waals surface area contributed by atoms with Gasteiger partial charge in [0.2, 0.25) is 5.91 Å². The lowest BCUT2D eigenvalue weighted by Gasteiger charge is -2.23. The monoisotopic (exact) mass is 230 g/mol. The summed E-state index contributed by atoms with van der Waals surface area (Å²) in [6, 6.07) is 5.43. The van der Waals surface area contributed by atoms with Gasteiger partial charge in [0, 0.05) is 25.1 Å². The minimum Gasteiger partial charge on any atom is -0.349 e. The number of pyridine rings is 1. The highest BCUT2D eigenvalue weighted by Gasteiger charge is 2.23. The standard InChI is InChI=1S/C13H14N2O2/c1-9(16)15-13-6-5-10(17)8-11(13)12-4-2-3-7-14-12/h2-4,7-8,13H,5-6H2,1H3,(H,15,16). The summed E-state index contributed by atoms with van der Waals surface area (Å²) < 4.78 is 0. The molecule has 1 amide bonds. The normalized spacial score (nSPS) is 19.7. The molecule has 17 heavy (non-hydrogen) atoms. The molecule has 0 saturated heterocycles. The molecule has 1 aliphatic rings. The van der Waals surface area contributed by atoms with Crippen molar-refractivity contribution in [2.75, 3.05) is 0 Å². The van der Waals surface area contributed by atoms with Crippen LogP contribution in [0.25, 0.3) is 5.57 Å². The van der Waals surface area contributed by atoms with Crippen LogP contribution in [0.3, 0.4) is 0 Å². The second-order valence-corrected chi connectivity index (χ2v) is 4.07. The van der Waals surface area contributed by atoms with E-state index in [1.807, 2.05) is 18.2 Å². The molecule has 0 bridgehead atoms. The van der Waals surface area contributed by atoms with Gasteiger partial charge >= 0.3 is 0 Å². The van der Waals surface area contributed by atoms with E-state index in [0.29, 0.717) is 12.8 Å². The largest absolute Gasteiger partial charge is 0.349 e. The SMILES string of the molecule is CC(=O)NC1CCC(=O)C=C1c1ccccn1. The highest BCUT2D eigenvalue weighted by molar-refractivity contribution is 5.99. The van der Waals surface area contributed by atoms with Crippen molar-refractivity contribution >= 4 is 17.3 Å². The Morgan fingerprint density at radius 1 is 1.47 bits per heavy atom. The summed E-state index contributed by atoms with van der Waals surface area (Å²) >= 11 is 0. The molecule has 0 aliphatic heterocycles. The van der Waals surface area contributed by atoms with Gasteiger partial charge in [0.25, 0.3) is 0 Å². The maximum atomic E-state index is 11.5. The van der Waals surface area contributed by atoms with Crippen molar-refractivity contribution in [2.24, 2.45) is 0 Å². The third-order valence-corrected chi connectivity index (χ3v) is 2.71. The number of aromatic nitrogens is 1. The Kier molecular flexibility index (Phi) is 3.32. The van der Waals surface area contributed by atoms with E-state index in [2.05, 4.69) is 10.3 Å². The number of carbonyl (C=O) groups excluding carboxylic acids is 2. The van der Waals surface area contributed by atoms with Gasteiger partial charge in [0.15, 0.2) is 5.78 Å². The van der Waals surface area contributed by atoms with E-state index in [1.54, 1.807) is 12.3 Å².